The minimum atomic E-state index is -0.272. The van der Waals surface area contributed by atoms with Crippen LogP contribution < -0.4 is 15.5 Å². The van der Waals surface area contributed by atoms with Gasteiger partial charge in [-0.1, -0.05) is 35.1 Å². The zero-order valence-corrected chi connectivity index (χ0v) is 19.1. The lowest BCUT2D eigenvalue weighted by Gasteiger charge is -2.32. The lowest BCUT2D eigenvalue weighted by atomic mass is 10.2. The van der Waals surface area contributed by atoms with E-state index in [0.717, 1.165) is 31.7 Å². The van der Waals surface area contributed by atoms with Gasteiger partial charge in [-0.15, -0.1) is 0 Å². The van der Waals surface area contributed by atoms with E-state index >= 15 is 0 Å². The summed E-state index contributed by atoms with van der Waals surface area (Å²) in [5.74, 6) is 1.40. The van der Waals surface area contributed by atoms with Crippen molar-refractivity contribution in [2.45, 2.75) is 13.8 Å². The van der Waals surface area contributed by atoms with Gasteiger partial charge in [0.1, 0.15) is 10.7 Å². The molecule has 0 aliphatic carbocycles. The first-order chi connectivity index (χ1) is 14.9. The fourth-order valence-corrected chi connectivity index (χ4v) is 4.14. The molecule has 0 spiro atoms. The lowest BCUT2D eigenvalue weighted by molar-refractivity contribution is 0.103. The number of carbonyl (C=O) groups excluding carboxylic acids is 1. The number of likely N-dealkylation sites (N-methyl/N-ethyl adjacent to an activating group) is 1. The molecule has 1 aliphatic heterocycles. The van der Waals surface area contributed by atoms with Crippen molar-refractivity contribution in [3.05, 3.63) is 45.7 Å². The van der Waals surface area contributed by atoms with E-state index in [0.29, 0.717) is 38.4 Å². The van der Waals surface area contributed by atoms with Crippen LogP contribution in [0.3, 0.4) is 0 Å². The van der Waals surface area contributed by atoms with E-state index in [1.54, 1.807) is 6.07 Å². The molecular formula is C20H23ClN8OS. The largest absolute Gasteiger partial charge is 0.338 e. The van der Waals surface area contributed by atoms with Gasteiger partial charge < -0.3 is 15.1 Å². The third-order valence-corrected chi connectivity index (χ3v) is 6.16. The molecule has 1 aliphatic rings. The van der Waals surface area contributed by atoms with Gasteiger partial charge in [0, 0.05) is 26.2 Å². The van der Waals surface area contributed by atoms with Crippen molar-refractivity contribution in [2.24, 2.45) is 0 Å². The molecule has 1 aromatic carbocycles. The van der Waals surface area contributed by atoms with E-state index in [2.05, 4.69) is 47.4 Å². The summed E-state index contributed by atoms with van der Waals surface area (Å²) in [4.78, 5) is 35.2. The zero-order chi connectivity index (χ0) is 22.0. The maximum Gasteiger partial charge on any atom is 0.267 e. The smallest absolute Gasteiger partial charge is 0.267 e. The van der Waals surface area contributed by atoms with Crippen LogP contribution in [0, 0.1) is 13.8 Å². The van der Waals surface area contributed by atoms with Crippen LogP contribution >= 0.6 is 22.9 Å². The predicted octanol–water partition coefficient (Wildman–Crippen LogP) is 3.35. The number of piperazine rings is 1. The Labute approximate surface area is 189 Å². The fraction of sp³-hybridized carbons (Fsp3) is 0.350. The molecule has 0 atom stereocenters. The Morgan fingerprint density at radius 2 is 1.90 bits per heavy atom. The molecule has 2 aromatic heterocycles. The number of aryl methyl sites for hydroxylation is 2. The molecule has 9 nitrogen and oxygen atoms in total. The average Bonchev–Trinajstić information content (AvgIpc) is 3.19. The van der Waals surface area contributed by atoms with Crippen LogP contribution in [0.15, 0.2) is 24.4 Å². The second-order valence-electron chi connectivity index (χ2n) is 7.34. The summed E-state index contributed by atoms with van der Waals surface area (Å²) in [6, 6.07) is 5.47. The number of para-hydroxylation sites is 1. The maximum atomic E-state index is 12.6. The molecule has 4 rings (SSSR count). The second kappa shape index (κ2) is 9.13. The number of hydrogen-bond donors (Lipinski definition) is 2. The molecule has 1 saturated heterocycles. The molecule has 2 N–H and O–H groups in total. The minimum Gasteiger partial charge on any atom is -0.338 e. The summed E-state index contributed by atoms with van der Waals surface area (Å²) in [7, 11) is 2.10. The third-order valence-electron chi connectivity index (χ3n) is 4.93. The van der Waals surface area contributed by atoms with Crippen LogP contribution in [0.1, 0.15) is 21.1 Å². The summed E-state index contributed by atoms with van der Waals surface area (Å²) in [5, 5.41) is 6.97. The number of carbonyl (C=O) groups is 1. The van der Waals surface area contributed by atoms with Crippen LogP contribution in [0.25, 0.3) is 0 Å². The molecule has 162 valence electrons. The Balaban J connectivity index is 1.47. The summed E-state index contributed by atoms with van der Waals surface area (Å²) in [5.41, 5.74) is 1.49. The van der Waals surface area contributed by atoms with Crippen molar-refractivity contribution < 1.29 is 4.79 Å². The van der Waals surface area contributed by atoms with Crippen molar-refractivity contribution in [1.29, 1.82) is 0 Å². The number of amides is 1. The van der Waals surface area contributed by atoms with E-state index in [9.17, 15) is 4.79 Å². The monoisotopic (exact) mass is 458 g/mol. The molecule has 3 aromatic rings. The number of aromatic nitrogens is 4. The van der Waals surface area contributed by atoms with Crippen LogP contribution in [0.4, 0.5) is 22.7 Å². The van der Waals surface area contributed by atoms with E-state index < -0.39 is 0 Å². The van der Waals surface area contributed by atoms with Gasteiger partial charge in [0.25, 0.3) is 5.91 Å². The van der Waals surface area contributed by atoms with Gasteiger partial charge in [-0.2, -0.15) is 15.0 Å². The number of nitrogens with zero attached hydrogens (tertiary/aromatic N) is 6. The Hall–Kier alpha value is -2.82. The number of hydrogen-bond acceptors (Lipinski definition) is 9. The molecule has 3 heterocycles. The van der Waals surface area contributed by atoms with Crippen LogP contribution in [-0.2, 0) is 0 Å². The standard InChI is InChI=1S/C20H23ClN8OS/c1-12-5-4-6-14(21)16(12)25-17(30)15-11-22-20(31-15)27-18-23-13(2)24-19(26-18)29-9-7-28(3)8-10-29/h4-6,11H,7-10H2,1-3H3,(H,25,30)(H,22,23,24,26,27). The molecule has 0 radical (unpaired) electrons. The van der Waals surface area contributed by atoms with Crippen molar-refractivity contribution in [3.8, 4) is 0 Å². The minimum absolute atomic E-state index is 0.272. The third kappa shape index (κ3) is 5.09. The lowest BCUT2D eigenvalue weighted by Crippen LogP contribution is -2.45. The van der Waals surface area contributed by atoms with Crippen LogP contribution in [-0.4, -0.2) is 64.0 Å². The zero-order valence-electron chi connectivity index (χ0n) is 17.5. The molecule has 31 heavy (non-hydrogen) atoms. The van der Waals surface area contributed by atoms with E-state index in [4.69, 9.17) is 11.6 Å². The van der Waals surface area contributed by atoms with E-state index in [1.807, 2.05) is 26.0 Å². The van der Waals surface area contributed by atoms with Gasteiger partial charge in [0.2, 0.25) is 11.9 Å². The van der Waals surface area contributed by atoms with Crippen LogP contribution in [0.2, 0.25) is 5.02 Å². The second-order valence-corrected chi connectivity index (χ2v) is 8.77. The quantitative estimate of drug-likeness (QED) is 0.600. The van der Waals surface area contributed by atoms with E-state index in [-0.39, 0.29) is 5.91 Å². The summed E-state index contributed by atoms with van der Waals surface area (Å²) < 4.78 is 0. The molecule has 0 bridgehead atoms. The predicted molar refractivity (Wildman–Crippen MR) is 124 cm³/mol. The molecule has 11 heteroatoms. The summed E-state index contributed by atoms with van der Waals surface area (Å²) in [6.45, 7) is 7.37. The topological polar surface area (TPSA) is 99.2 Å². The molecule has 1 fully saturated rings. The highest BCUT2D eigenvalue weighted by molar-refractivity contribution is 7.17. The number of benzene rings is 1. The first kappa shape index (κ1) is 21.4. The van der Waals surface area contributed by atoms with Crippen molar-refractivity contribution in [2.75, 3.05) is 48.8 Å². The average molecular weight is 459 g/mol. The fourth-order valence-electron chi connectivity index (χ4n) is 3.17. The number of anilines is 4. The molecule has 1 amide bonds. The molecular weight excluding hydrogens is 436 g/mol. The number of nitrogens with one attached hydrogen (secondary N) is 2. The van der Waals surface area contributed by atoms with Crippen molar-refractivity contribution in [1.82, 2.24) is 24.8 Å². The first-order valence-electron chi connectivity index (χ1n) is 9.84. The Bertz CT molecular complexity index is 1080. The molecule has 0 unspecified atom stereocenters. The summed E-state index contributed by atoms with van der Waals surface area (Å²) in [6.07, 6.45) is 1.52. The Morgan fingerprint density at radius 3 is 2.65 bits per heavy atom. The SMILES string of the molecule is Cc1nc(Nc2ncc(C(=O)Nc3c(C)cccc3Cl)s2)nc(N2CCN(C)CC2)n1. The van der Waals surface area contributed by atoms with E-state index in [1.165, 1.54) is 17.5 Å². The number of rotatable bonds is 5. The number of halogens is 1. The van der Waals surface area contributed by atoms with Gasteiger partial charge in [0.15, 0.2) is 5.13 Å². The van der Waals surface area contributed by atoms with Gasteiger partial charge in [0.05, 0.1) is 16.9 Å². The Morgan fingerprint density at radius 1 is 1.13 bits per heavy atom. The van der Waals surface area contributed by atoms with Gasteiger partial charge in [-0.05, 0) is 32.5 Å². The van der Waals surface area contributed by atoms with Gasteiger partial charge >= 0.3 is 0 Å². The van der Waals surface area contributed by atoms with Gasteiger partial charge in [-0.25, -0.2) is 4.98 Å². The highest BCUT2D eigenvalue weighted by Gasteiger charge is 2.19. The maximum absolute atomic E-state index is 12.6. The normalized spacial score (nSPS) is 14.5. The highest BCUT2D eigenvalue weighted by Crippen LogP contribution is 2.28. The summed E-state index contributed by atoms with van der Waals surface area (Å²) >= 11 is 7.42. The van der Waals surface area contributed by atoms with Gasteiger partial charge in [-0.3, -0.25) is 10.1 Å². The van der Waals surface area contributed by atoms with Crippen molar-refractivity contribution in [3.63, 3.8) is 0 Å². The number of thiazole rings is 1. The van der Waals surface area contributed by atoms with Crippen molar-refractivity contribution >= 4 is 51.6 Å². The van der Waals surface area contributed by atoms with Crippen LogP contribution in [0.5, 0.6) is 0 Å². The first-order valence-corrected chi connectivity index (χ1v) is 11.0. The molecule has 0 saturated carbocycles. The highest BCUT2D eigenvalue weighted by atomic mass is 35.5. The Kier molecular flexibility index (Phi) is 6.30.